The van der Waals surface area contributed by atoms with Crippen molar-refractivity contribution in [1.82, 2.24) is 4.90 Å². The molecule has 0 N–H and O–H groups in total. The van der Waals surface area contributed by atoms with Crippen molar-refractivity contribution in [2.45, 2.75) is 13.8 Å². The van der Waals surface area contributed by atoms with E-state index in [1.165, 1.54) is 17.7 Å². The third kappa shape index (κ3) is 1.94. The average molecular weight is 187 g/mol. The number of carbonyl (C=O) groups is 1. The molecule has 12 heavy (non-hydrogen) atoms. The molecule has 0 saturated heterocycles. The van der Waals surface area contributed by atoms with Crippen LogP contribution < -0.4 is 0 Å². The molecule has 0 fully saturated rings. The van der Waals surface area contributed by atoms with E-state index in [4.69, 9.17) is 0 Å². The molecule has 0 unspecified atom stereocenters. The Morgan fingerprint density at radius 1 is 1.67 bits per heavy atom. The fourth-order valence-electron chi connectivity index (χ4n) is 0.983. The predicted molar refractivity (Wildman–Crippen MR) is 49.6 cm³/mol. The summed E-state index contributed by atoms with van der Waals surface area (Å²) in [6, 6.07) is 0. The summed E-state index contributed by atoms with van der Waals surface area (Å²) in [6.07, 6.45) is 0. The van der Waals surface area contributed by atoms with Gasteiger partial charge in [-0.05, 0) is 13.8 Å². The molecular formula is C8H13NO2S. The van der Waals surface area contributed by atoms with Gasteiger partial charge in [0, 0.05) is 10.6 Å². The van der Waals surface area contributed by atoms with Gasteiger partial charge < -0.3 is 9.64 Å². The average Bonchev–Trinajstić information content (AvgIpc) is 2.36. The predicted octanol–water partition coefficient (Wildman–Crippen LogP) is 1.42. The number of rotatable bonds is 2. The lowest BCUT2D eigenvalue weighted by molar-refractivity contribution is -0.141. The smallest absolute Gasteiger partial charge is 0.325 e. The maximum atomic E-state index is 10.9. The van der Waals surface area contributed by atoms with Crippen LogP contribution in [-0.4, -0.2) is 30.4 Å². The molecule has 0 aromatic carbocycles. The zero-order chi connectivity index (χ0) is 9.14. The van der Waals surface area contributed by atoms with Crippen LogP contribution in [0.1, 0.15) is 13.8 Å². The van der Waals surface area contributed by atoms with Crippen LogP contribution in [0.15, 0.2) is 10.6 Å². The summed E-state index contributed by atoms with van der Waals surface area (Å²) in [5, 5.41) is 0. The number of allylic oxidation sites excluding steroid dienone is 2. The van der Waals surface area contributed by atoms with Crippen molar-refractivity contribution in [3.63, 3.8) is 0 Å². The van der Waals surface area contributed by atoms with Crippen LogP contribution in [0.2, 0.25) is 0 Å². The third-order valence-corrected chi connectivity index (χ3v) is 3.14. The molecule has 0 atom stereocenters. The highest BCUT2D eigenvalue weighted by Gasteiger charge is 2.18. The van der Waals surface area contributed by atoms with Gasteiger partial charge in [-0.1, -0.05) is 0 Å². The zero-order valence-electron chi connectivity index (χ0n) is 7.59. The minimum atomic E-state index is -0.176. The van der Waals surface area contributed by atoms with Crippen LogP contribution in [0.5, 0.6) is 0 Å². The van der Waals surface area contributed by atoms with E-state index >= 15 is 0 Å². The first-order valence-electron chi connectivity index (χ1n) is 3.77. The Morgan fingerprint density at radius 2 is 2.33 bits per heavy atom. The summed E-state index contributed by atoms with van der Waals surface area (Å²) in [7, 11) is 1.41. The Labute approximate surface area is 76.8 Å². The molecule has 4 heteroatoms. The molecule has 68 valence electrons. The Hall–Kier alpha value is -0.640. The van der Waals surface area contributed by atoms with Crippen LogP contribution >= 0.6 is 11.8 Å². The van der Waals surface area contributed by atoms with Crippen molar-refractivity contribution in [1.29, 1.82) is 0 Å². The SMILES string of the molecule is COC(=O)CN1CSC(C)=C1C. The summed E-state index contributed by atoms with van der Waals surface area (Å²) in [4.78, 5) is 14.2. The first kappa shape index (κ1) is 9.45. The fourth-order valence-corrected chi connectivity index (χ4v) is 1.96. The van der Waals surface area contributed by atoms with Crippen LogP contribution in [0.4, 0.5) is 0 Å². The van der Waals surface area contributed by atoms with Gasteiger partial charge in [-0.2, -0.15) is 0 Å². The van der Waals surface area contributed by atoms with E-state index in [0.717, 1.165) is 5.88 Å². The lowest BCUT2D eigenvalue weighted by Crippen LogP contribution is -2.26. The molecule has 1 aliphatic heterocycles. The number of esters is 1. The van der Waals surface area contributed by atoms with E-state index in [9.17, 15) is 4.79 Å². The summed E-state index contributed by atoms with van der Waals surface area (Å²) in [5.41, 5.74) is 1.19. The molecule has 0 saturated carbocycles. The first-order valence-corrected chi connectivity index (χ1v) is 4.75. The van der Waals surface area contributed by atoms with Crippen LogP contribution in [-0.2, 0) is 9.53 Å². The lowest BCUT2D eigenvalue weighted by atomic mass is 10.4. The van der Waals surface area contributed by atoms with Crippen molar-refractivity contribution in [2.75, 3.05) is 19.5 Å². The largest absolute Gasteiger partial charge is 0.468 e. The van der Waals surface area contributed by atoms with Crippen molar-refractivity contribution in [3.05, 3.63) is 10.6 Å². The van der Waals surface area contributed by atoms with Gasteiger partial charge in [0.15, 0.2) is 0 Å². The second-order valence-electron chi connectivity index (χ2n) is 2.69. The zero-order valence-corrected chi connectivity index (χ0v) is 8.40. The van der Waals surface area contributed by atoms with E-state index in [1.807, 2.05) is 11.8 Å². The van der Waals surface area contributed by atoms with Crippen LogP contribution in [0, 0.1) is 0 Å². The maximum absolute atomic E-state index is 10.9. The first-order chi connectivity index (χ1) is 5.65. The van der Waals surface area contributed by atoms with E-state index in [-0.39, 0.29) is 5.97 Å². The van der Waals surface area contributed by atoms with E-state index in [2.05, 4.69) is 11.7 Å². The van der Waals surface area contributed by atoms with Gasteiger partial charge in [0.05, 0.1) is 13.0 Å². The van der Waals surface area contributed by atoms with Gasteiger partial charge in [0.2, 0.25) is 0 Å². The number of methoxy groups -OCH3 is 1. The number of thioether (sulfide) groups is 1. The minimum absolute atomic E-state index is 0.176. The number of hydrogen-bond acceptors (Lipinski definition) is 4. The molecule has 1 heterocycles. The molecule has 0 spiro atoms. The molecule has 0 amide bonds. The van der Waals surface area contributed by atoms with Crippen LogP contribution in [0.25, 0.3) is 0 Å². The van der Waals surface area contributed by atoms with Gasteiger partial charge in [0.25, 0.3) is 0 Å². The van der Waals surface area contributed by atoms with E-state index in [1.54, 1.807) is 11.8 Å². The van der Waals surface area contributed by atoms with Crippen LogP contribution in [0.3, 0.4) is 0 Å². The Balaban J connectivity index is 2.51. The third-order valence-electron chi connectivity index (χ3n) is 1.97. The highest BCUT2D eigenvalue weighted by molar-refractivity contribution is 8.03. The molecule has 0 aromatic heterocycles. The molecule has 3 nitrogen and oxygen atoms in total. The van der Waals surface area contributed by atoms with Gasteiger partial charge in [-0.3, -0.25) is 4.79 Å². The lowest BCUT2D eigenvalue weighted by Gasteiger charge is -2.16. The van der Waals surface area contributed by atoms with Gasteiger partial charge in [0.1, 0.15) is 6.54 Å². The summed E-state index contributed by atoms with van der Waals surface area (Å²) in [5.74, 6) is 0.692. The second kappa shape index (κ2) is 3.85. The number of hydrogen-bond donors (Lipinski definition) is 0. The van der Waals surface area contributed by atoms with Crippen molar-refractivity contribution in [2.24, 2.45) is 0 Å². The van der Waals surface area contributed by atoms with Crippen molar-refractivity contribution >= 4 is 17.7 Å². The summed E-state index contributed by atoms with van der Waals surface area (Å²) in [6.45, 7) is 4.46. The van der Waals surface area contributed by atoms with Crippen molar-refractivity contribution < 1.29 is 9.53 Å². The number of ether oxygens (including phenoxy) is 1. The van der Waals surface area contributed by atoms with Gasteiger partial charge >= 0.3 is 5.97 Å². The summed E-state index contributed by atoms with van der Waals surface area (Å²) < 4.78 is 4.58. The Morgan fingerprint density at radius 3 is 2.75 bits per heavy atom. The highest BCUT2D eigenvalue weighted by atomic mass is 32.2. The standard InChI is InChI=1S/C8H13NO2S/c1-6-7(2)12-5-9(6)4-8(10)11-3/h4-5H2,1-3H3. The number of carbonyl (C=O) groups excluding carboxylic acids is 1. The maximum Gasteiger partial charge on any atom is 0.325 e. The minimum Gasteiger partial charge on any atom is -0.468 e. The molecule has 0 radical (unpaired) electrons. The topological polar surface area (TPSA) is 29.5 Å². The normalized spacial score (nSPS) is 17.1. The Bertz CT molecular complexity index is 225. The van der Waals surface area contributed by atoms with Gasteiger partial charge in [-0.25, -0.2) is 0 Å². The Kier molecular flexibility index (Phi) is 3.03. The fraction of sp³-hybridized carbons (Fsp3) is 0.625. The monoisotopic (exact) mass is 187 g/mol. The quantitative estimate of drug-likeness (QED) is 0.611. The van der Waals surface area contributed by atoms with Crippen molar-refractivity contribution in [3.8, 4) is 0 Å². The number of nitrogens with zero attached hydrogens (tertiary/aromatic N) is 1. The molecule has 1 aliphatic rings. The summed E-state index contributed by atoms with van der Waals surface area (Å²) >= 11 is 1.76. The van der Waals surface area contributed by atoms with E-state index in [0.29, 0.717) is 6.54 Å². The molecule has 0 aromatic rings. The van der Waals surface area contributed by atoms with Gasteiger partial charge in [-0.15, -0.1) is 11.8 Å². The van der Waals surface area contributed by atoms with E-state index < -0.39 is 0 Å². The highest BCUT2D eigenvalue weighted by Crippen LogP contribution is 2.30. The molecule has 1 rings (SSSR count). The molecule has 0 aliphatic carbocycles. The second-order valence-corrected chi connectivity index (χ2v) is 3.85. The molecule has 0 bridgehead atoms. The molecular weight excluding hydrogens is 174 g/mol.